The molecule has 2 atom stereocenters. The summed E-state index contributed by atoms with van der Waals surface area (Å²) in [6, 6.07) is 5.10. The SMILES string of the molecule is C=C(C)N.C=CCn1cc(C(=C)C)c2cc(-c3cnc(C)nc3)cc(C)c21.CN1CC1CC/C=C(Cl)/C=C\C(=N)SF. The van der Waals surface area contributed by atoms with Crippen LogP contribution in [0.15, 0.2) is 85.5 Å². The van der Waals surface area contributed by atoms with E-state index in [4.69, 9.17) is 22.7 Å². The molecule has 3 aromatic rings. The lowest BCUT2D eigenvalue weighted by atomic mass is 9.99. The molecule has 0 saturated carbocycles. The summed E-state index contributed by atoms with van der Waals surface area (Å²) in [4.78, 5) is 10.9. The number of allylic oxidation sites excluding steroid dienone is 6. The van der Waals surface area contributed by atoms with Crippen LogP contribution >= 0.6 is 23.7 Å². The summed E-state index contributed by atoms with van der Waals surface area (Å²) in [5.41, 5.74) is 12.5. The van der Waals surface area contributed by atoms with E-state index in [9.17, 15) is 3.89 Å². The maximum atomic E-state index is 11.8. The van der Waals surface area contributed by atoms with E-state index < -0.39 is 0 Å². The zero-order chi connectivity index (χ0) is 31.4. The minimum absolute atomic E-state index is 0.0902. The van der Waals surface area contributed by atoms with E-state index in [1.165, 1.54) is 34.7 Å². The zero-order valence-corrected chi connectivity index (χ0v) is 26.8. The van der Waals surface area contributed by atoms with Gasteiger partial charge in [-0.1, -0.05) is 36.9 Å². The number of hydrogen-bond donors (Lipinski definition) is 2. The van der Waals surface area contributed by atoms with Crippen molar-refractivity contribution >= 4 is 45.3 Å². The van der Waals surface area contributed by atoms with Crippen molar-refractivity contribution in [1.82, 2.24) is 19.4 Å². The first-order valence-electron chi connectivity index (χ1n) is 13.6. The Kier molecular flexibility index (Phi) is 13.9. The molecule has 1 fully saturated rings. The Hall–Kier alpha value is -3.46. The highest BCUT2D eigenvalue weighted by molar-refractivity contribution is 8.09. The average Bonchev–Trinajstić information content (AvgIpc) is 3.50. The molecule has 0 radical (unpaired) electrons. The van der Waals surface area contributed by atoms with Crippen molar-refractivity contribution in [3.63, 3.8) is 0 Å². The number of nitrogens with zero attached hydrogens (tertiary/aromatic N) is 4. The van der Waals surface area contributed by atoms with Gasteiger partial charge in [-0.05, 0) is 94.3 Å². The minimum Gasteiger partial charge on any atom is -0.403 e. The van der Waals surface area contributed by atoms with Gasteiger partial charge in [0.1, 0.15) is 23.0 Å². The van der Waals surface area contributed by atoms with Crippen molar-refractivity contribution in [3.05, 3.63) is 102 Å². The molecule has 0 bridgehead atoms. The second kappa shape index (κ2) is 16.9. The first-order valence-corrected chi connectivity index (χ1v) is 14.7. The highest BCUT2D eigenvalue weighted by atomic mass is 35.5. The van der Waals surface area contributed by atoms with E-state index >= 15 is 0 Å². The van der Waals surface area contributed by atoms with Gasteiger partial charge in [0.05, 0.1) is 5.52 Å². The Morgan fingerprint density at radius 1 is 1.19 bits per heavy atom. The molecule has 0 aliphatic carbocycles. The highest BCUT2D eigenvalue weighted by Gasteiger charge is 2.27. The molecule has 6 nitrogen and oxygen atoms in total. The number of nitrogens with two attached hydrogens (primary N) is 1. The van der Waals surface area contributed by atoms with E-state index in [2.05, 4.69) is 71.5 Å². The van der Waals surface area contributed by atoms with Crippen LogP contribution in [0.4, 0.5) is 3.89 Å². The van der Waals surface area contributed by atoms with Gasteiger partial charge in [-0.15, -0.1) is 6.58 Å². The highest BCUT2D eigenvalue weighted by Crippen LogP contribution is 2.33. The van der Waals surface area contributed by atoms with Crippen molar-refractivity contribution in [2.45, 2.75) is 53.1 Å². The van der Waals surface area contributed by atoms with Gasteiger partial charge in [-0.25, -0.2) is 9.97 Å². The maximum absolute atomic E-state index is 11.8. The minimum atomic E-state index is -0.136. The summed E-state index contributed by atoms with van der Waals surface area (Å²) >= 11 is 5.76. The number of fused-ring (bicyclic) bond motifs is 1. The molecule has 2 unspecified atom stereocenters. The number of halogens is 2. The van der Waals surface area contributed by atoms with Crippen LogP contribution in [0.2, 0.25) is 0 Å². The summed E-state index contributed by atoms with van der Waals surface area (Å²) < 4.78 is 14.1. The van der Waals surface area contributed by atoms with Crippen molar-refractivity contribution in [1.29, 1.82) is 5.41 Å². The van der Waals surface area contributed by atoms with Crippen molar-refractivity contribution in [2.24, 2.45) is 5.73 Å². The van der Waals surface area contributed by atoms with Gasteiger partial charge in [-0.2, -0.15) is 3.89 Å². The van der Waals surface area contributed by atoms with Gasteiger partial charge in [0, 0.05) is 59.3 Å². The Bertz CT molecular complexity index is 1470. The number of benzene rings is 1. The van der Waals surface area contributed by atoms with Crippen LogP contribution in [-0.4, -0.2) is 44.1 Å². The van der Waals surface area contributed by atoms with Crippen LogP contribution in [0.3, 0.4) is 0 Å². The fourth-order valence-corrected chi connectivity index (χ4v) is 4.54. The van der Waals surface area contributed by atoms with Gasteiger partial charge in [0.2, 0.25) is 0 Å². The third-order valence-corrected chi connectivity index (χ3v) is 6.95. The largest absolute Gasteiger partial charge is 0.403 e. The number of aromatic nitrogens is 3. The standard InChI is InChI=1S/C20H21N3.C10H14ClFN2S.C3H7N/c1-6-7-23-12-19(13(2)3)18-9-16(8-14(4)20(18)23)17-10-21-15(5)22-11-17;1-14-7-9(14)4-2-3-8(11)5-6-10(13)15-12;1-3(2)4/h6,8-12H,1-2,7H2,3-5H3;3,5-6,9,13H,2,4,7H2,1H3;1,4H2,2H3/b;6-5-,8-3-,13-10?;. The van der Waals surface area contributed by atoms with Gasteiger partial charge in [-0.3, -0.25) is 5.41 Å². The lowest BCUT2D eigenvalue weighted by Crippen LogP contribution is -1.94. The molecule has 1 aliphatic rings. The number of aryl methyl sites for hydroxylation is 2. The molecule has 3 heterocycles. The first-order chi connectivity index (χ1) is 19.9. The van der Waals surface area contributed by atoms with Crippen LogP contribution in [0.1, 0.15) is 43.6 Å². The molecule has 4 rings (SSSR count). The Morgan fingerprint density at radius 3 is 2.33 bits per heavy atom. The number of nitrogens with one attached hydrogen (secondary N) is 1. The Morgan fingerprint density at radius 2 is 1.81 bits per heavy atom. The maximum Gasteiger partial charge on any atom is 0.125 e. The topological polar surface area (TPSA) is 83.6 Å². The number of hydrogen-bond acceptors (Lipinski definition) is 6. The molecule has 9 heteroatoms. The van der Waals surface area contributed by atoms with Crippen molar-refractivity contribution in [2.75, 3.05) is 13.6 Å². The molecule has 1 aromatic carbocycles. The van der Waals surface area contributed by atoms with Crippen LogP contribution in [0, 0.1) is 19.3 Å². The van der Waals surface area contributed by atoms with E-state index in [-0.39, 0.29) is 17.2 Å². The molecule has 42 heavy (non-hydrogen) atoms. The molecule has 224 valence electrons. The Labute approximate surface area is 259 Å². The molecule has 0 spiro atoms. The van der Waals surface area contributed by atoms with E-state index in [0.717, 1.165) is 41.9 Å². The van der Waals surface area contributed by atoms with Crippen LogP contribution < -0.4 is 5.73 Å². The van der Waals surface area contributed by atoms with Crippen molar-refractivity contribution in [3.8, 4) is 11.1 Å². The lowest BCUT2D eigenvalue weighted by Gasteiger charge is -2.08. The summed E-state index contributed by atoms with van der Waals surface area (Å²) in [6.07, 6.45) is 14.7. The first kappa shape index (κ1) is 34.7. The number of likely N-dealkylation sites (N-methyl/N-ethyl adjacent to an activating group) is 1. The quantitative estimate of drug-likeness (QED) is 0.0834. The van der Waals surface area contributed by atoms with E-state index in [1.807, 2.05) is 38.4 Å². The average molecular weight is 609 g/mol. The number of rotatable bonds is 9. The monoisotopic (exact) mass is 608 g/mol. The van der Waals surface area contributed by atoms with Gasteiger partial charge in [0.25, 0.3) is 0 Å². The van der Waals surface area contributed by atoms with Crippen LogP contribution in [0.5, 0.6) is 0 Å². The molecule has 1 aliphatic heterocycles. The van der Waals surface area contributed by atoms with Gasteiger partial charge >= 0.3 is 0 Å². The second-order valence-electron chi connectivity index (χ2n) is 10.4. The normalized spacial score (nSPS) is 15.8. The summed E-state index contributed by atoms with van der Waals surface area (Å²) in [6.45, 7) is 21.1. The van der Waals surface area contributed by atoms with Crippen LogP contribution in [0.25, 0.3) is 27.6 Å². The third kappa shape index (κ3) is 11.1. The molecule has 0 amide bonds. The van der Waals surface area contributed by atoms with Gasteiger partial charge in [0.15, 0.2) is 0 Å². The van der Waals surface area contributed by atoms with E-state index in [0.29, 0.717) is 16.8 Å². The second-order valence-corrected chi connectivity index (χ2v) is 11.4. The summed E-state index contributed by atoms with van der Waals surface area (Å²) in [5, 5.41) is 8.67. The smallest absolute Gasteiger partial charge is 0.125 e. The molecular weight excluding hydrogens is 567 g/mol. The van der Waals surface area contributed by atoms with E-state index in [1.54, 1.807) is 13.0 Å². The fraction of sp³-hybridized carbons (Fsp3) is 0.303. The predicted molar refractivity (Wildman–Crippen MR) is 181 cm³/mol. The zero-order valence-electron chi connectivity index (χ0n) is 25.3. The van der Waals surface area contributed by atoms with Gasteiger partial charge < -0.3 is 15.2 Å². The lowest BCUT2D eigenvalue weighted by molar-refractivity contribution is 0.590. The molecule has 1 saturated heterocycles. The fourth-order valence-electron chi connectivity index (χ4n) is 4.25. The molecular formula is C33H42ClFN6S. The summed E-state index contributed by atoms with van der Waals surface area (Å²) in [5.74, 6) is 0.784. The Balaban J connectivity index is 0.000000280. The summed E-state index contributed by atoms with van der Waals surface area (Å²) in [7, 11) is 2.09. The molecule has 2 aromatic heterocycles. The molecule has 3 N–H and O–H groups in total. The predicted octanol–water partition coefficient (Wildman–Crippen LogP) is 8.77. The van der Waals surface area contributed by atoms with Crippen molar-refractivity contribution < 1.29 is 3.89 Å². The third-order valence-electron chi connectivity index (χ3n) is 6.37. The van der Waals surface area contributed by atoms with Crippen LogP contribution in [-0.2, 0) is 6.54 Å².